The van der Waals surface area contributed by atoms with Crippen molar-refractivity contribution in [1.82, 2.24) is 4.31 Å². The molecule has 3 nitrogen and oxygen atoms in total. The molecule has 0 unspecified atom stereocenters. The molecule has 0 aliphatic heterocycles. The maximum Gasteiger partial charge on any atom is 0.402 e. The zero-order valence-electron chi connectivity index (χ0n) is 9.92. The number of hydrogen-bond donors (Lipinski definition) is 0. The monoisotopic (exact) mass is 423 g/mol. The molecule has 0 fully saturated rings. The second-order valence-electron chi connectivity index (χ2n) is 3.91. The summed E-state index contributed by atoms with van der Waals surface area (Å²) >= 11 is 6.21. The Morgan fingerprint density at radius 3 is 2.21 bits per heavy atom. The highest BCUT2D eigenvalue weighted by molar-refractivity contribution is 9.11. The first-order valence-electron chi connectivity index (χ1n) is 4.94. The summed E-state index contributed by atoms with van der Waals surface area (Å²) in [5, 5.41) is 0. The fourth-order valence-corrected chi connectivity index (χ4v) is 4.12. The molecule has 0 bridgehead atoms. The zero-order chi connectivity index (χ0) is 15.0. The van der Waals surface area contributed by atoms with Gasteiger partial charge in [-0.1, -0.05) is 15.9 Å². The lowest BCUT2D eigenvalue weighted by Gasteiger charge is -2.20. The lowest BCUT2D eigenvalue weighted by Crippen LogP contribution is -2.36. The summed E-state index contributed by atoms with van der Waals surface area (Å²) in [5.41, 5.74) is 0.768. The van der Waals surface area contributed by atoms with Crippen LogP contribution < -0.4 is 0 Å². The molecule has 0 saturated carbocycles. The summed E-state index contributed by atoms with van der Waals surface area (Å²) < 4.78 is 62.0. The molecule has 0 spiro atoms. The van der Waals surface area contributed by atoms with Gasteiger partial charge in [0.15, 0.2) is 0 Å². The average molecular weight is 425 g/mol. The number of nitrogens with zero attached hydrogens (tertiary/aromatic N) is 1. The Hall–Kier alpha value is -0.120. The second kappa shape index (κ2) is 5.71. The standard InChI is InChI=1S/C10H10Br2F3NO2S/c1-6-3-8(12)9(4-7(6)11)19(17,18)16(2)5-10(13,14)15/h3-4H,5H2,1-2H3. The van der Waals surface area contributed by atoms with Crippen molar-refractivity contribution >= 4 is 41.9 Å². The van der Waals surface area contributed by atoms with Crippen LogP contribution in [0.2, 0.25) is 0 Å². The topological polar surface area (TPSA) is 37.4 Å². The highest BCUT2D eigenvalue weighted by atomic mass is 79.9. The van der Waals surface area contributed by atoms with Crippen molar-refractivity contribution in [3.8, 4) is 0 Å². The quantitative estimate of drug-likeness (QED) is 0.741. The molecule has 1 aromatic carbocycles. The smallest absolute Gasteiger partial charge is 0.207 e. The molecule has 0 aliphatic rings. The molecule has 0 aromatic heterocycles. The normalized spacial score (nSPS) is 13.1. The Balaban J connectivity index is 3.25. The molecule has 0 atom stereocenters. The predicted octanol–water partition coefficient (Wildman–Crippen LogP) is 3.70. The zero-order valence-corrected chi connectivity index (χ0v) is 13.9. The molecule has 0 radical (unpaired) electrons. The number of alkyl halides is 3. The van der Waals surface area contributed by atoms with Crippen LogP contribution in [0.25, 0.3) is 0 Å². The molecule has 0 saturated heterocycles. The van der Waals surface area contributed by atoms with E-state index in [4.69, 9.17) is 0 Å². The van der Waals surface area contributed by atoms with Crippen molar-refractivity contribution in [3.05, 3.63) is 26.6 Å². The van der Waals surface area contributed by atoms with Gasteiger partial charge in [0.2, 0.25) is 10.0 Å². The van der Waals surface area contributed by atoms with Gasteiger partial charge in [-0.3, -0.25) is 0 Å². The van der Waals surface area contributed by atoms with Crippen molar-refractivity contribution in [1.29, 1.82) is 0 Å². The molecule has 0 amide bonds. The fourth-order valence-electron chi connectivity index (χ4n) is 1.33. The second-order valence-corrected chi connectivity index (χ2v) is 7.63. The van der Waals surface area contributed by atoms with Gasteiger partial charge in [0.05, 0.1) is 4.90 Å². The van der Waals surface area contributed by atoms with Crippen molar-refractivity contribution in [2.24, 2.45) is 0 Å². The summed E-state index contributed by atoms with van der Waals surface area (Å²) in [5.74, 6) is 0. The summed E-state index contributed by atoms with van der Waals surface area (Å²) in [6.45, 7) is 0.206. The minimum absolute atomic E-state index is 0.211. The number of rotatable bonds is 3. The van der Waals surface area contributed by atoms with E-state index >= 15 is 0 Å². The lowest BCUT2D eigenvalue weighted by atomic mass is 10.2. The summed E-state index contributed by atoms with van der Waals surface area (Å²) in [6.07, 6.45) is -4.59. The van der Waals surface area contributed by atoms with E-state index in [1.165, 1.54) is 12.1 Å². The van der Waals surface area contributed by atoms with Crippen LogP contribution in [0.4, 0.5) is 13.2 Å². The Labute approximate surface area is 126 Å². The van der Waals surface area contributed by atoms with Crippen LogP contribution in [-0.4, -0.2) is 32.5 Å². The molecular formula is C10H10Br2F3NO2S. The van der Waals surface area contributed by atoms with E-state index in [1.54, 1.807) is 6.92 Å². The Morgan fingerprint density at radius 1 is 1.21 bits per heavy atom. The fraction of sp³-hybridized carbons (Fsp3) is 0.400. The van der Waals surface area contributed by atoms with Crippen LogP contribution in [0, 0.1) is 6.92 Å². The third-order valence-electron chi connectivity index (χ3n) is 2.30. The SMILES string of the molecule is Cc1cc(Br)c(S(=O)(=O)N(C)CC(F)(F)F)cc1Br. The maximum atomic E-state index is 12.3. The van der Waals surface area contributed by atoms with Crippen LogP contribution in [0.3, 0.4) is 0 Å². The predicted molar refractivity (Wildman–Crippen MR) is 72.4 cm³/mol. The molecular weight excluding hydrogens is 415 g/mol. The maximum absolute atomic E-state index is 12.3. The van der Waals surface area contributed by atoms with E-state index in [-0.39, 0.29) is 13.7 Å². The highest BCUT2D eigenvalue weighted by Gasteiger charge is 2.35. The number of benzene rings is 1. The minimum Gasteiger partial charge on any atom is -0.207 e. The highest BCUT2D eigenvalue weighted by Crippen LogP contribution is 2.31. The van der Waals surface area contributed by atoms with Gasteiger partial charge in [-0.25, -0.2) is 8.42 Å². The van der Waals surface area contributed by atoms with Gasteiger partial charge in [0.25, 0.3) is 0 Å². The van der Waals surface area contributed by atoms with E-state index in [9.17, 15) is 21.6 Å². The van der Waals surface area contributed by atoms with Crippen LogP contribution in [0.15, 0.2) is 26.0 Å². The van der Waals surface area contributed by atoms with Crippen molar-refractivity contribution in [3.63, 3.8) is 0 Å². The van der Waals surface area contributed by atoms with E-state index in [0.29, 0.717) is 4.47 Å². The molecule has 1 rings (SSSR count). The minimum atomic E-state index is -4.59. The van der Waals surface area contributed by atoms with Crippen LogP contribution in [-0.2, 0) is 10.0 Å². The summed E-state index contributed by atoms with van der Waals surface area (Å²) in [7, 11) is -3.31. The van der Waals surface area contributed by atoms with Gasteiger partial charge in [-0.2, -0.15) is 17.5 Å². The molecule has 0 heterocycles. The third-order valence-corrected chi connectivity index (χ3v) is 5.92. The van der Waals surface area contributed by atoms with Gasteiger partial charge in [0.1, 0.15) is 6.54 Å². The Kier molecular flexibility index (Phi) is 5.09. The first kappa shape index (κ1) is 16.9. The molecule has 108 valence electrons. The van der Waals surface area contributed by atoms with Crippen LogP contribution in [0.1, 0.15) is 5.56 Å². The Bertz CT molecular complexity index is 587. The molecule has 1 aromatic rings. The van der Waals surface area contributed by atoms with Gasteiger partial charge in [-0.15, -0.1) is 0 Å². The van der Waals surface area contributed by atoms with E-state index in [2.05, 4.69) is 31.9 Å². The van der Waals surface area contributed by atoms with Gasteiger partial charge in [0, 0.05) is 16.0 Å². The van der Waals surface area contributed by atoms with E-state index in [0.717, 1.165) is 12.6 Å². The first-order chi connectivity index (χ1) is 8.45. The Morgan fingerprint density at radius 2 is 1.74 bits per heavy atom. The molecule has 19 heavy (non-hydrogen) atoms. The van der Waals surface area contributed by atoms with E-state index < -0.39 is 22.7 Å². The van der Waals surface area contributed by atoms with Crippen molar-refractivity contribution in [2.45, 2.75) is 18.0 Å². The number of halogens is 5. The number of hydrogen-bond acceptors (Lipinski definition) is 2. The largest absolute Gasteiger partial charge is 0.402 e. The summed E-state index contributed by atoms with van der Waals surface area (Å²) in [6, 6.07) is 2.81. The number of aryl methyl sites for hydroxylation is 1. The first-order valence-corrected chi connectivity index (χ1v) is 7.96. The summed E-state index contributed by atoms with van der Waals surface area (Å²) in [4.78, 5) is -0.211. The van der Waals surface area contributed by atoms with Crippen molar-refractivity contribution < 1.29 is 21.6 Å². The number of sulfonamides is 1. The molecule has 0 N–H and O–H groups in total. The van der Waals surface area contributed by atoms with Gasteiger partial charge < -0.3 is 0 Å². The van der Waals surface area contributed by atoms with Crippen LogP contribution in [0.5, 0.6) is 0 Å². The van der Waals surface area contributed by atoms with Crippen molar-refractivity contribution in [2.75, 3.05) is 13.6 Å². The van der Waals surface area contributed by atoms with Crippen LogP contribution >= 0.6 is 31.9 Å². The molecule has 9 heteroatoms. The third kappa shape index (κ3) is 4.17. The lowest BCUT2D eigenvalue weighted by molar-refractivity contribution is -0.134. The molecule has 0 aliphatic carbocycles. The van der Waals surface area contributed by atoms with Gasteiger partial charge >= 0.3 is 6.18 Å². The average Bonchev–Trinajstić information content (AvgIpc) is 2.20. The van der Waals surface area contributed by atoms with Gasteiger partial charge in [-0.05, 0) is 40.5 Å². The van der Waals surface area contributed by atoms with E-state index in [1.807, 2.05) is 0 Å².